The number of carboxylic acids is 1. The average molecular weight is 352 g/mol. The fourth-order valence-corrected chi connectivity index (χ4v) is 2.35. The molecule has 1 aromatic rings. The first-order valence-electron chi connectivity index (χ1n) is 8.03. The second kappa shape index (κ2) is 7.60. The van der Waals surface area contributed by atoms with Gasteiger partial charge in [0, 0.05) is 6.04 Å². The topological polar surface area (TPSA) is 120 Å². The fourth-order valence-electron chi connectivity index (χ4n) is 2.35. The Labute approximate surface area is 146 Å². The first-order valence-corrected chi connectivity index (χ1v) is 8.03. The minimum atomic E-state index is -1.18. The Morgan fingerprint density at radius 1 is 1.28 bits per heavy atom. The highest BCUT2D eigenvalue weighted by atomic mass is 16.6. The van der Waals surface area contributed by atoms with Gasteiger partial charge in [0.1, 0.15) is 24.9 Å². The SMILES string of the molecule is CC(C)(C)OC(=O)N[C@H](C[C@H](N)c1ccc2c(c1)OCCO2)C(=O)O. The van der Waals surface area contributed by atoms with Crippen LogP contribution >= 0.6 is 0 Å². The first-order chi connectivity index (χ1) is 11.7. The molecular formula is C17H24N2O6. The predicted molar refractivity (Wildman–Crippen MR) is 89.8 cm³/mol. The van der Waals surface area contributed by atoms with Gasteiger partial charge in [0.25, 0.3) is 0 Å². The maximum atomic E-state index is 11.8. The maximum absolute atomic E-state index is 11.8. The zero-order chi connectivity index (χ0) is 18.6. The van der Waals surface area contributed by atoms with Crippen LogP contribution in [-0.2, 0) is 9.53 Å². The molecule has 2 rings (SSSR count). The molecule has 0 aromatic heterocycles. The van der Waals surface area contributed by atoms with Crippen LogP contribution in [0.3, 0.4) is 0 Å². The van der Waals surface area contributed by atoms with E-state index in [0.29, 0.717) is 30.3 Å². The Hall–Kier alpha value is -2.48. The number of nitrogens with two attached hydrogens (primary N) is 1. The van der Waals surface area contributed by atoms with Gasteiger partial charge >= 0.3 is 12.1 Å². The summed E-state index contributed by atoms with van der Waals surface area (Å²) in [6.07, 6.45) is -0.789. The number of aliphatic carboxylic acids is 1. The van der Waals surface area contributed by atoms with Gasteiger partial charge in [-0.25, -0.2) is 9.59 Å². The van der Waals surface area contributed by atoms with Gasteiger partial charge < -0.3 is 30.4 Å². The number of ether oxygens (including phenoxy) is 3. The number of hydrogen-bond acceptors (Lipinski definition) is 6. The van der Waals surface area contributed by atoms with Gasteiger partial charge in [-0.15, -0.1) is 0 Å². The lowest BCUT2D eigenvalue weighted by Gasteiger charge is -2.24. The standard InChI is InChI=1S/C17H24N2O6/c1-17(2,3)25-16(22)19-12(15(20)21)9-11(18)10-4-5-13-14(8-10)24-7-6-23-13/h4-5,8,11-12H,6-7,9,18H2,1-3H3,(H,19,22)(H,20,21)/t11-,12+/m0/s1. The average Bonchev–Trinajstić information content (AvgIpc) is 2.51. The highest BCUT2D eigenvalue weighted by molar-refractivity contribution is 5.80. The van der Waals surface area contributed by atoms with E-state index in [-0.39, 0.29) is 6.42 Å². The van der Waals surface area contributed by atoms with Crippen LogP contribution in [0, 0.1) is 0 Å². The van der Waals surface area contributed by atoms with E-state index < -0.39 is 29.7 Å². The molecule has 8 nitrogen and oxygen atoms in total. The van der Waals surface area contributed by atoms with Crippen LogP contribution in [0.1, 0.15) is 38.8 Å². The van der Waals surface area contributed by atoms with E-state index in [4.69, 9.17) is 19.9 Å². The van der Waals surface area contributed by atoms with E-state index in [2.05, 4.69) is 5.32 Å². The van der Waals surface area contributed by atoms with Crippen molar-refractivity contribution < 1.29 is 28.9 Å². The molecule has 1 aliphatic rings. The highest BCUT2D eigenvalue weighted by Gasteiger charge is 2.27. The molecule has 0 aliphatic carbocycles. The van der Waals surface area contributed by atoms with Crippen molar-refractivity contribution in [2.24, 2.45) is 5.73 Å². The van der Waals surface area contributed by atoms with Crippen molar-refractivity contribution in [1.82, 2.24) is 5.32 Å². The van der Waals surface area contributed by atoms with E-state index in [1.807, 2.05) is 0 Å². The van der Waals surface area contributed by atoms with Crippen molar-refractivity contribution >= 4 is 12.1 Å². The van der Waals surface area contributed by atoms with Crippen LogP contribution in [0.5, 0.6) is 11.5 Å². The van der Waals surface area contributed by atoms with Crippen molar-refractivity contribution in [2.45, 2.75) is 44.9 Å². The van der Waals surface area contributed by atoms with Crippen LogP contribution in [0.25, 0.3) is 0 Å². The molecule has 1 heterocycles. The molecule has 138 valence electrons. The normalized spacial score (nSPS) is 15.8. The number of nitrogens with one attached hydrogen (secondary N) is 1. The Bertz CT molecular complexity index is 641. The van der Waals surface area contributed by atoms with Gasteiger partial charge in [-0.05, 0) is 44.9 Å². The molecule has 0 fully saturated rings. The van der Waals surface area contributed by atoms with Crippen molar-refractivity contribution in [3.63, 3.8) is 0 Å². The molecule has 0 saturated carbocycles. The number of fused-ring (bicyclic) bond motifs is 1. The highest BCUT2D eigenvalue weighted by Crippen LogP contribution is 2.33. The Kier molecular flexibility index (Phi) is 5.73. The molecule has 0 radical (unpaired) electrons. The lowest BCUT2D eigenvalue weighted by molar-refractivity contribution is -0.139. The zero-order valence-electron chi connectivity index (χ0n) is 14.6. The lowest BCUT2D eigenvalue weighted by Crippen LogP contribution is -2.44. The summed E-state index contributed by atoms with van der Waals surface area (Å²) in [4.78, 5) is 23.2. The summed E-state index contributed by atoms with van der Waals surface area (Å²) < 4.78 is 16.0. The first kappa shape index (κ1) is 18.9. The quantitative estimate of drug-likeness (QED) is 0.739. The van der Waals surface area contributed by atoms with Crippen molar-refractivity contribution in [3.05, 3.63) is 23.8 Å². The number of carboxylic acid groups (broad SMARTS) is 1. The van der Waals surface area contributed by atoms with Crippen LogP contribution in [0.2, 0.25) is 0 Å². The third-order valence-electron chi connectivity index (χ3n) is 3.47. The molecule has 2 atom stereocenters. The maximum Gasteiger partial charge on any atom is 0.408 e. The number of hydrogen-bond donors (Lipinski definition) is 3. The molecule has 0 unspecified atom stereocenters. The minimum Gasteiger partial charge on any atom is -0.486 e. The predicted octanol–water partition coefficient (Wildman–Crippen LogP) is 1.83. The van der Waals surface area contributed by atoms with Crippen molar-refractivity contribution in [1.29, 1.82) is 0 Å². The van der Waals surface area contributed by atoms with E-state index in [9.17, 15) is 14.7 Å². The number of amides is 1. The Morgan fingerprint density at radius 3 is 2.52 bits per heavy atom. The minimum absolute atomic E-state index is 0.00815. The second-order valence-electron chi connectivity index (χ2n) is 6.78. The largest absolute Gasteiger partial charge is 0.486 e. The molecule has 0 bridgehead atoms. The summed E-state index contributed by atoms with van der Waals surface area (Å²) in [7, 11) is 0. The number of rotatable bonds is 5. The third kappa shape index (κ3) is 5.53. The molecular weight excluding hydrogens is 328 g/mol. The number of carbonyl (C=O) groups is 2. The number of benzene rings is 1. The Balaban J connectivity index is 2.03. The van der Waals surface area contributed by atoms with Crippen molar-refractivity contribution in [3.8, 4) is 11.5 Å². The van der Waals surface area contributed by atoms with Crippen LogP contribution < -0.4 is 20.5 Å². The van der Waals surface area contributed by atoms with E-state index in [1.54, 1.807) is 39.0 Å². The molecule has 0 spiro atoms. The number of carbonyl (C=O) groups excluding carboxylic acids is 1. The van der Waals surface area contributed by atoms with Crippen LogP contribution in [0.4, 0.5) is 4.79 Å². The fraction of sp³-hybridized carbons (Fsp3) is 0.529. The van der Waals surface area contributed by atoms with E-state index in [0.717, 1.165) is 0 Å². The Morgan fingerprint density at radius 2 is 1.92 bits per heavy atom. The molecule has 1 aromatic carbocycles. The number of alkyl carbamates (subject to hydrolysis) is 1. The molecule has 1 amide bonds. The summed E-state index contributed by atoms with van der Waals surface area (Å²) in [5.41, 5.74) is 6.10. The van der Waals surface area contributed by atoms with Gasteiger partial charge in [0.15, 0.2) is 11.5 Å². The molecule has 0 saturated heterocycles. The molecule has 25 heavy (non-hydrogen) atoms. The van der Waals surface area contributed by atoms with Gasteiger partial charge in [-0.3, -0.25) is 0 Å². The third-order valence-corrected chi connectivity index (χ3v) is 3.47. The smallest absolute Gasteiger partial charge is 0.408 e. The summed E-state index contributed by atoms with van der Waals surface area (Å²) in [6, 6.07) is 3.45. The second-order valence-corrected chi connectivity index (χ2v) is 6.78. The summed E-state index contributed by atoms with van der Waals surface area (Å²) in [5.74, 6) is 0.0221. The summed E-state index contributed by atoms with van der Waals surface area (Å²) in [6.45, 7) is 6.03. The lowest BCUT2D eigenvalue weighted by atomic mass is 9.99. The van der Waals surface area contributed by atoms with E-state index >= 15 is 0 Å². The van der Waals surface area contributed by atoms with Crippen molar-refractivity contribution in [2.75, 3.05) is 13.2 Å². The summed E-state index contributed by atoms with van der Waals surface area (Å²) in [5, 5.41) is 11.7. The molecule has 4 N–H and O–H groups in total. The van der Waals surface area contributed by atoms with Crippen LogP contribution in [0.15, 0.2) is 18.2 Å². The van der Waals surface area contributed by atoms with Gasteiger partial charge in [-0.2, -0.15) is 0 Å². The zero-order valence-corrected chi connectivity index (χ0v) is 14.6. The van der Waals surface area contributed by atoms with Gasteiger partial charge in [-0.1, -0.05) is 6.07 Å². The van der Waals surface area contributed by atoms with Crippen LogP contribution in [-0.4, -0.2) is 42.0 Å². The van der Waals surface area contributed by atoms with E-state index in [1.165, 1.54) is 0 Å². The summed E-state index contributed by atoms with van der Waals surface area (Å²) >= 11 is 0. The molecule has 8 heteroatoms. The molecule has 1 aliphatic heterocycles. The van der Waals surface area contributed by atoms with Gasteiger partial charge in [0.05, 0.1) is 0 Å². The van der Waals surface area contributed by atoms with Gasteiger partial charge in [0.2, 0.25) is 0 Å². The monoisotopic (exact) mass is 352 g/mol.